The van der Waals surface area contributed by atoms with Gasteiger partial charge in [0.1, 0.15) is 12.4 Å². The highest BCUT2D eigenvalue weighted by atomic mass is 35.5. The number of rotatable bonds is 8. The molecule has 0 saturated heterocycles. The van der Waals surface area contributed by atoms with Crippen molar-refractivity contribution in [2.45, 2.75) is 13.0 Å². The summed E-state index contributed by atoms with van der Waals surface area (Å²) in [5.41, 5.74) is 1.54. The summed E-state index contributed by atoms with van der Waals surface area (Å²) in [6, 6.07) is 10.6. The molecule has 2 rings (SSSR count). The van der Waals surface area contributed by atoms with Gasteiger partial charge in [-0.15, -0.1) is 12.4 Å². The van der Waals surface area contributed by atoms with Gasteiger partial charge >= 0.3 is 0 Å². The third kappa shape index (κ3) is 5.70. The van der Waals surface area contributed by atoms with Gasteiger partial charge in [-0.05, 0) is 36.8 Å². The van der Waals surface area contributed by atoms with E-state index < -0.39 is 6.10 Å². The van der Waals surface area contributed by atoms with Crippen LogP contribution in [0.5, 0.6) is 23.0 Å². The minimum Gasteiger partial charge on any atom is -0.504 e. The Labute approximate surface area is 153 Å². The molecule has 7 heteroatoms. The predicted molar refractivity (Wildman–Crippen MR) is 98.1 cm³/mol. The highest BCUT2D eigenvalue weighted by molar-refractivity contribution is 5.85. The van der Waals surface area contributed by atoms with E-state index >= 15 is 0 Å². The number of aromatic hydroxyl groups is 2. The molecule has 1 unspecified atom stereocenters. The lowest BCUT2D eigenvalue weighted by atomic mass is 10.1. The molecule has 0 aliphatic carbocycles. The number of hydrogen-bond donors (Lipinski definition) is 4. The van der Waals surface area contributed by atoms with Crippen molar-refractivity contribution in [1.29, 1.82) is 0 Å². The number of aliphatic hydroxyl groups is 1. The number of phenols is 2. The van der Waals surface area contributed by atoms with Crippen LogP contribution in [0.2, 0.25) is 0 Å². The van der Waals surface area contributed by atoms with Crippen molar-refractivity contribution in [3.63, 3.8) is 0 Å². The van der Waals surface area contributed by atoms with Crippen LogP contribution in [-0.2, 0) is 0 Å². The van der Waals surface area contributed by atoms with Gasteiger partial charge in [-0.3, -0.25) is 0 Å². The highest BCUT2D eigenvalue weighted by Crippen LogP contribution is 2.40. The van der Waals surface area contributed by atoms with Crippen LogP contribution in [0.1, 0.15) is 17.2 Å². The Kier molecular flexibility index (Phi) is 8.34. The summed E-state index contributed by atoms with van der Waals surface area (Å²) >= 11 is 0. The smallest absolute Gasteiger partial charge is 0.200 e. The molecule has 4 N–H and O–H groups in total. The molecule has 0 fully saturated rings. The Morgan fingerprint density at radius 2 is 1.92 bits per heavy atom. The van der Waals surface area contributed by atoms with Gasteiger partial charge in [-0.25, -0.2) is 0 Å². The molecule has 25 heavy (non-hydrogen) atoms. The van der Waals surface area contributed by atoms with E-state index in [9.17, 15) is 15.3 Å². The van der Waals surface area contributed by atoms with Crippen LogP contribution < -0.4 is 14.8 Å². The summed E-state index contributed by atoms with van der Waals surface area (Å²) in [5, 5.41) is 32.5. The number of phenolic OH excluding ortho intramolecular Hbond substituents is 2. The van der Waals surface area contributed by atoms with Crippen LogP contribution in [-0.4, -0.2) is 42.1 Å². The fraction of sp³-hybridized carbons (Fsp3) is 0.333. The van der Waals surface area contributed by atoms with Gasteiger partial charge in [-0.1, -0.05) is 12.1 Å². The molecule has 0 spiro atoms. The van der Waals surface area contributed by atoms with E-state index in [4.69, 9.17) is 9.47 Å². The first-order valence-corrected chi connectivity index (χ1v) is 7.70. The van der Waals surface area contributed by atoms with Crippen molar-refractivity contribution in [3.05, 3.63) is 47.5 Å². The number of methoxy groups -OCH3 is 1. The number of aryl methyl sites for hydroxylation is 1. The molecule has 0 aromatic heterocycles. The molecule has 0 radical (unpaired) electrons. The average molecular weight is 370 g/mol. The van der Waals surface area contributed by atoms with Gasteiger partial charge in [0.05, 0.1) is 13.2 Å². The maximum atomic E-state index is 10.2. The van der Waals surface area contributed by atoms with Crippen molar-refractivity contribution in [2.24, 2.45) is 0 Å². The second kappa shape index (κ2) is 9.98. The Morgan fingerprint density at radius 1 is 1.16 bits per heavy atom. The molecule has 6 nitrogen and oxygen atoms in total. The molecule has 2 aromatic carbocycles. The first kappa shape index (κ1) is 20.9. The number of halogens is 1. The predicted octanol–water partition coefficient (Wildman–Crippen LogP) is 2.54. The molecule has 0 aliphatic heterocycles. The fourth-order valence-corrected chi connectivity index (χ4v) is 2.35. The van der Waals surface area contributed by atoms with Crippen LogP contribution in [0.15, 0.2) is 36.4 Å². The van der Waals surface area contributed by atoms with Crippen molar-refractivity contribution in [3.8, 4) is 23.0 Å². The molecular formula is C18H24ClNO5. The second-order valence-corrected chi connectivity index (χ2v) is 5.44. The molecule has 0 amide bonds. The zero-order chi connectivity index (χ0) is 17.5. The highest BCUT2D eigenvalue weighted by Gasteiger charge is 2.18. The molecular weight excluding hydrogens is 346 g/mol. The van der Waals surface area contributed by atoms with E-state index in [-0.39, 0.29) is 36.2 Å². The zero-order valence-electron chi connectivity index (χ0n) is 14.2. The number of ether oxygens (including phenoxy) is 2. The zero-order valence-corrected chi connectivity index (χ0v) is 15.0. The summed E-state index contributed by atoms with van der Waals surface area (Å²) in [5.74, 6) is 0.210. The standard InChI is InChI=1S/C18H23NO5.ClH/c1-12-4-3-5-13(10-12)24-9-8-19-11-16(21)14-6-7-15(20)17(22)18(14)23-2;/h3-7,10,16,19-22H,8-9,11H2,1-2H3;1H. The third-order valence-corrected chi connectivity index (χ3v) is 3.58. The van der Waals surface area contributed by atoms with Crippen molar-refractivity contribution < 1.29 is 24.8 Å². The van der Waals surface area contributed by atoms with Crippen LogP contribution in [0.4, 0.5) is 0 Å². The second-order valence-electron chi connectivity index (χ2n) is 5.44. The van der Waals surface area contributed by atoms with Crippen LogP contribution in [0, 0.1) is 6.92 Å². The van der Waals surface area contributed by atoms with E-state index in [0.29, 0.717) is 18.7 Å². The van der Waals surface area contributed by atoms with Crippen molar-refractivity contribution in [2.75, 3.05) is 26.8 Å². The minimum absolute atomic E-state index is 0. The van der Waals surface area contributed by atoms with Crippen LogP contribution in [0.25, 0.3) is 0 Å². The fourth-order valence-electron chi connectivity index (χ4n) is 2.35. The first-order valence-electron chi connectivity index (χ1n) is 7.70. The number of hydrogen-bond acceptors (Lipinski definition) is 6. The monoisotopic (exact) mass is 369 g/mol. The number of benzene rings is 2. The lowest BCUT2D eigenvalue weighted by Gasteiger charge is -2.17. The maximum absolute atomic E-state index is 10.2. The lowest BCUT2D eigenvalue weighted by Crippen LogP contribution is -2.26. The van der Waals surface area contributed by atoms with Gasteiger partial charge < -0.3 is 30.1 Å². The van der Waals surface area contributed by atoms with Crippen molar-refractivity contribution in [1.82, 2.24) is 5.32 Å². The summed E-state index contributed by atoms with van der Waals surface area (Å²) in [4.78, 5) is 0. The molecule has 0 heterocycles. The van der Waals surface area contributed by atoms with E-state index in [1.807, 2.05) is 31.2 Å². The van der Waals surface area contributed by atoms with Gasteiger partial charge in [0.2, 0.25) is 5.75 Å². The molecule has 1 atom stereocenters. The molecule has 138 valence electrons. The van der Waals surface area contributed by atoms with Crippen LogP contribution >= 0.6 is 12.4 Å². The Morgan fingerprint density at radius 3 is 2.60 bits per heavy atom. The topological polar surface area (TPSA) is 91.2 Å². The van der Waals surface area contributed by atoms with Gasteiger partial charge in [0, 0.05) is 18.7 Å². The average Bonchev–Trinajstić information content (AvgIpc) is 2.56. The Balaban J connectivity index is 0.00000312. The number of nitrogens with one attached hydrogen (secondary N) is 1. The summed E-state index contributed by atoms with van der Waals surface area (Å²) in [7, 11) is 1.37. The summed E-state index contributed by atoms with van der Waals surface area (Å²) in [6.07, 6.45) is -0.884. The SMILES string of the molecule is COc1c(C(O)CNCCOc2cccc(C)c2)ccc(O)c1O.Cl. The largest absolute Gasteiger partial charge is 0.504 e. The lowest BCUT2D eigenvalue weighted by molar-refractivity contribution is 0.166. The maximum Gasteiger partial charge on any atom is 0.200 e. The van der Waals surface area contributed by atoms with E-state index in [1.54, 1.807) is 0 Å². The quantitative estimate of drug-likeness (QED) is 0.422. The normalized spacial score (nSPS) is 11.5. The van der Waals surface area contributed by atoms with Crippen LogP contribution in [0.3, 0.4) is 0 Å². The summed E-state index contributed by atoms with van der Waals surface area (Å²) < 4.78 is 10.7. The molecule has 0 saturated carbocycles. The van der Waals surface area contributed by atoms with E-state index in [0.717, 1.165) is 11.3 Å². The minimum atomic E-state index is -0.884. The molecule has 0 aliphatic rings. The Bertz CT molecular complexity index is 681. The summed E-state index contributed by atoms with van der Waals surface area (Å²) in [6.45, 7) is 3.28. The van der Waals surface area contributed by atoms with Gasteiger partial charge in [-0.2, -0.15) is 0 Å². The van der Waals surface area contributed by atoms with E-state index in [2.05, 4.69) is 5.32 Å². The van der Waals surface area contributed by atoms with Gasteiger partial charge in [0.25, 0.3) is 0 Å². The van der Waals surface area contributed by atoms with E-state index in [1.165, 1.54) is 19.2 Å². The number of aliphatic hydroxyl groups excluding tert-OH is 1. The third-order valence-electron chi connectivity index (χ3n) is 3.58. The molecule has 2 aromatic rings. The molecule has 0 bridgehead atoms. The van der Waals surface area contributed by atoms with Crippen molar-refractivity contribution >= 4 is 12.4 Å². The van der Waals surface area contributed by atoms with Gasteiger partial charge in [0.15, 0.2) is 11.5 Å². The first-order chi connectivity index (χ1) is 11.5. The Hall–Kier alpha value is -2.15.